The third-order valence-corrected chi connectivity index (χ3v) is 2.86. The zero-order chi connectivity index (χ0) is 15.2. The van der Waals surface area contributed by atoms with Crippen LogP contribution in [0.3, 0.4) is 0 Å². The summed E-state index contributed by atoms with van der Waals surface area (Å²) >= 11 is 0. The van der Waals surface area contributed by atoms with Gasteiger partial charge in [0.05, 0.1) is 12.8 Å². The van der Waals surface area contributed by atoms with E-state index in [1.165, 1.54) is 0 Å². The van der Waals surface area contributed by atoms with Crippen molar-refractivity contribution in [1.29, 1.82) is 0 Å². The molecule has 0 aromatic heterocycles. The van der Waals surface area contributed by atoms with Gasteiger partial charge >= 0.3 is 0 Å². The van der Waals surface area contributed by atoms with E-state index in [2.05, 4.69) is 5.32 Å². The Balaban J connectivity index is 1.96. The molecular weight excluding hydrogens is 268 g/mol. The molecular formula is C16H18N2O3. The summed E-state index contributed by atoms with van der Waals surface area (Å²) in [6.45, 7) is 1.86. The molecule has 0 spiro atoms. The van der Waals surface area contributed by atoms with Gasteiger partial charge in [0, 0.05) is 11.8 Å². The molecule has 2 aromatic carbocycles. The Morgan fingerprint density at radius 1 is 1.24 bits per heavy atom. The fraction of sp³-hybridized carbons (Fsp3) is 0.188. The van der Waals surface area contributed by atoms with Crippen LogP contribution in [0.25, 0.3) is 0 Å². The van der Waals surface area contributed by atoms with Crippen LogP contribution in [0.5, 0.6) is 11.5 Å². The van der Waals surface area contributed by atoms with Crippen molar-refractivity contribution < 1.29 is 14.3 Å². The highest BCUT2D eigenvalue weighted by Gasteiger charge is 2.08. The first-order chi connectivity index (χ1) is 10.1. The molecule has 1 amide bonds. The van der Waals surface area contributed by atoms with Crippen molar-refractivity contribution in [1.82, 2.24) is 0 Å². The predicted octanol–water partition coefficient (Wildman–Crippen LogP) is 2.60. The number of nitrogens with one attached hydrogen (secondary N) is 1. The van der Waals surface area contributed by atoms with Gasteiger partial charge < -0.3 is 20.5 Å². The quantitative estimate of drug-likeness (QED) is 0.829. The number of hydrogen-bond acceptors (Lipinski definition) is 4. The van der Waals surface area contributed by atoms with Crippen LogP contribution in [0.15, 0.2) is 42.5 Å². The molecule has 21 heavy (non-hydrogen) atoms. The predicted molar refractivity (Wildman–Crippen MR) is 82.7 cm³/mol. The molecule has 0 saturated carbocycles. The van der Waals surface area contributed by atoms with Gasteiger partial charge in [0.1, 0.15) is 11.5 Å². The molecule has 110 valence electrons. The number of methoxy groups -OCH3 is 1. The van der Waals surface area contributed by atoms with Crippen LogP contribution in [0, 0.1) is 6.92 Å². The van der Waals surface area contributed by atoms with Crippen molar-refractivity contribution in [3.05, 3.63) is 48.0 Å². The van der Waals surface area contributed by atoms with E-state index in [-0.39, 0.29) is 12.5 Å². The lowest BCUT2D eigenvalue weighted by molar-refractivity contribution is -0.118. The minimum Gasteiger partial charge on any atom is -0.495 e. The Hall–Kier alpha value is -2.69. The van der Waals surface area contributed by atoms with E-state index in [0.29, 0.717) is 22.9 Å². The van der Waals surface area contributed by atoms with Crippen LogP contribution in [-0.2, 0) is 4.79 Å². The number of carbonyl (C=O) groups excluding carboxylic acids is 1. The largest absolute Gasteiger partial charge is 0.495 e. The maximum Gasteiger partial charge on any atom is 0.262 e. The fourth-order valence-corrected chi connectivity index (χ4v) is 1.84. The van der Waals surface area contributed by atoms with E-state index in [9.17, 15) is 4.79 Å². The Bertz CT molecular complexity index is 641. The van der Waals surface area contributed by atoms with Crippen molar-refractivity contribution in [2.45, 2.75) is 6.92 Å². The third kappa shape index (κ3) is 4.14. The lowest BCUT2D eigenvalue weighted by Gasteiger charge is -2.11. The minimum absolute atomic E-state index is 0.0967. The zero-order valence-electron chi connectivity index (χ0n) is 12.1. The highest BCUT2D eigenvalue weighted by Crippen LogP contribution is 2.25. The van der Waals surface area contributed by atoms with Gasteiger partial charge in [-0.25, -0.2) is 0 Å². The van der Waals surface area contributed by atoms with E-state index >= 15 is 0 Å². The lowest BCUT2D eigenvalue weighted by Crippen LogP contribution is -2.20. The molecule has 0 bridgehead atoms. The molecule has 0 saturated heterocycles. The molecule has 2 rings (SSSR count). The van der Waals surface area contributed by atoms with Crippen LogP contribution in [0.1, 0.15) is 5.56 Å². The molecule has 0 atom stereocenters. The van der Waals surface area contributed by atoms with Crippen molar-refractivity contribution in [3.63, 3.8) is 0 Å². The summed E-state index contributed by atoms with van der Waals surface area (Å²) in [7, 11) is 1.56. The summed E-state index contributed by atoms with van der Waals surface area (Å²) in [5.74, 6) is 0.910. The topological polar surface area (TPSA) is 73.6 Å². The maximum absolute atomic E-state index is 11.9. The highest BCUT2D eigenvalue weighted by molar-refractivity contribution is 5.93. The van der Waals surface area contributed by atoms with Gasteiger partial charge in [0.15, 0.2) is 6.61 Å². The smallest absolute Gasteiger partial charge is 0.262 e. The first kappa shape index (κ1) is 14.7. The first-order valence-electron chi connectivity index (χ1n) is 6.51. The Morgan fingerprint density at radius 3 is 2.76 bits per heavy atom. The van der Waals surface area contributed by atoms with Crippen LogP contribution in [0.4, 0.5) is 11.4 Å². The van der Waals surface area contributed by atoms with Gasteiger partial charge in [0.25, 0.3) is 5.91 Å². The van der Waals surface area contributed by atoms with Crippen LogP contribution < -0.4 is 20.5 Å². The SMILES string of the molecule is COc1cc(C)ccc1NC(=O)COc1cccc(N)c1. The third-order valence-electron chi connectivity index (χ3n) is 2.86. The summed E-state index contributed by atoms with van der Waals surface area (Å²) in [4.78, 5) is 11.9. The zero-order valence-corrected chi connectivity index (χ0v) is 12.1. The number of nitrogens with two attached hydrogens (primary N) is 1. The first-order valence-corrected chi connectivity index (χ1v) is 6.51. The van der Waals surface area contributed by atoms with Gasteiger partial charge in [-0.1, -0.05) is 12.1 Å². The minimum atomic E-state index is -0.264. The number of amides is 1. The van der Waals surface area contributed by atoms with Gasteiger partial charge in [-0.15, -0.1) is 0 Å². The van der Waals surface area contributed by atoms with Crippen LogP contribution in [-0.4, -0.2) is 19.6 Å². The molecule has 0 fully saturated rings. The summed E-state index contributed by atoms with van der Waals surface area (Å²) in [5.41, 5.74) is 7.91. The molecule has 0 heterocycles. The van der Waals surface area contributed by atoms with E-state index in [4.69, 9.17) is 15.2 Å². The van der Waals surface area contributed by atoms with Gasteiger partial charge in [-0.05, 0) is 36.8 Å². The summed E-state index contributed by atoms with van der Waals surface area (Å²) in [6, 6.07) is 12.5. The maximum atomic E-state index is 11.9. The van der Waals surface area contributed by atoms with Crippen LogP contribution in [0.2, 0.25) is 0 Å². The number of aryl methyl sites for hydroxylation is 1. The molecule has 3 N–H and O–H groups in total. The molecule has 0 aliphatic carbocycles. The second-order valence-corrected chi connectivity index (χ2v) is 4.61. The number of ether oxygens (including phenoxy) is 2. The second-order valence-electron chi connectivity index (χ2n) is 4.61. The average molecular weight is 286 g/mol. The lowest BCUT2D eigenvalue weighted by atomic mass is 10.2. The van der Waals surface area contributed by atoms with E-state index in [0.717, 1.165) is 5.56 Å². The molecule has 2 aromatic rings. The summed E-state index contributed by atoms with van der Waals surface area (Å²) < 4.78 is 10.6. The van der Waals surface area contributed by atoms with Crippen LogP contribution >= 0.6 is 0 Å². The highest BCUT2D eigenvalue weighted by atomic mass is 16.5. The molecule has 5 heteroatoms. The number of anilines is 2. The number of carbonyl (C=O) groups is 1. The fourth-order valence-electron chi connectivity index (χ4n) is 1.84. The number of hydrogen-bond donors (Lipinski definition) is 2. The summed E-state index contributed by atoms with van der Waals surface area (Å²) in [5, 5.41) is 2.75. The number of rotatable bonds is 5. The van der Waals surface area contributed by atoms with Gasteiger partial charge in [-0.3, -0.25) is 4.79 Å². The second kappa shape index (κ2) is 6.65. The van der Waals surface area contributed by atoms with E-state index in [1.807, 2.05) is 19.1 Å². The Labute approximate surface area is 123 Å². The van der Waals surface area contributed by atoms with Crippen molar-refractivity contribution >= 4 is 17.3 Å². The van der Waals surface area contributed by atoms with Gasteiger partial charge in [-0.2, -0.15) is 0 Å². The number of nitrogen functional groups attached to an aromatic ring is 1. The van der Waals surface area contributed by atoms with Crippen molar-refractivity contribution in [3.8, 4) is 11.5 Å². The molecule has 0 aliphatic heterocycles. The molecule has 0 unspecified atom stereocenters. The Kier molecular flexibility index (Phi) is 4.66. The summed E-state index contributed by atoms with van der Waals surface area (Å²) in [6.07, 6.45) is 0. The van der Waals surface area contributed by atoms with E-state index < -0.39 is 0 Å². The van der Waals surface area contributed by atoms with E-state index in [1.54, 1.807) is 37.4 Å². The van der Waals surface area contributed by atoms with Crippen molar-refractivity contribution in [2.24, 2.45) is 0 Å². The van der Waals surface area contributed by atoms with Crippen molar-refractivity contribution in [2.75, 3.05) is 24.8 Å². The Morgan fingerprint density at radius 2 is 2.05 bits per heavy atom. The normalized spacial score (nSPS) is 10.0. The molecule has 0 aliphatic rings. The number of benzene rings is 2. The monoisotopic (exact) mass is 286 g/mol. The average Bonchev–Trinajstić information content (AvgIpc) is 2.47. The standard InChI is InChI=1S/C16H18N2O3/c1-11-6-7-14(15(8-11)20-2)18-16(19)10-21-13-5-3-4-12(17)9-13/h3-9H,10,17H2,1-2H3,(H,18,19). The molecule has 0 radical (unpaired) electrons. The van der Waals surface area contributed by atoms with Gasteiger partial charge in [0.2, 0.25) is 0 Å². The molecule has 5 nitrogen and oxygen atoms in total.